The molecule has 0 N–H and O–H groups in total. The van der Waals surface area contributed by atoms with Gasteiger partial charge in [-0.2, -0.15) is 0 Å². The lowest BCUT2D eigenvalue weighted by atomic mass is 11.0. The molecule has 2 nitrogen and oxygen atoms in total. The molecule has 0 aromatic rings. The summed E-state index contributed by atoms with van der Waals surface area (Å²) in [7, 11) is 0. The van der Waals surface area contributed by atoms with Crippen LogP contribution in [-0.2, 0) is 0 Å². The number of rotatable bonds is 0. The summed E-state index contributed by atoms with van der Waals surface area (Å²) < 4.78 is 0.306. The van der Waals surface area contributed by atoms with Crippen LogP contribution < -0.4 is 0 Å². The average molecular weight is 78.1 g/mol. The molecule has 0 saturated heterocycles. The Morgan fingerprint density at radius 2 is 1.67 bits per heavy atom. The minimum absolute atomic E-state index is 0.306. The van der Waals surface area contributed by atoms with Crippen molar-refractivity contribution in [2.45, 2.75) is 0 Å². The second-order valence-corrected chi connectivity index (χ2v) is 0.570. The number of terminal acetylenes is 2. The lowest BCUT2D eigenvalue weighted by molar-refractivity contribution is -0.354. The molecule has 0 rings (SSSR count). The Bertz CT molecular complexity index is 117. The molecule has 0 aliphatic rings. The van der Waals surface area contributed by atoms with Gasteiger partial charge in [-0.25, -0.2) is 0 Å². The maximum atomic E-state index is 8.03. The molecule has 0 bridgehead atoms. The summed E-state index contributed by atoms with van der Waals surface area (Å²) in [5, 5.41) is 0. The Morgan fingerprint density at radius 1 is 1.33 bits per heavy atom. The average Bonchev–Trinajstić information content (AvgIpc) is 1.65. The van der Waals surface area contributed by atoms with Crippen molar-refractivity contribution in [3.05, 3.63) is 5.53 Å². The monoisotopic (exact) mass is 78.0 g/mol. The fourth-order valence-electron chi connectivity index (χ4n) is 0.0373. The van der Waals surface area contributed by atoms with Gasteiger partial charge in [0.15, 0.2) is 0 Å². The fourth-order valence-corrected chi connectivity index (χ4v) is 0.0373. The fraction of sp³-hybridized carbons (Fsp3) is 0. The summed E-state index contributed by atoms with van der Waals surface area (Å²) >= 11 is 0. The van der Waals surface area contributed by atoms with Crippen LogP contribution in [0.2, 0.25) is 0 Å². The molecule has 0 unspecified atom stereocenters. The van der Waals surface area contributed by atoms with Crippen molar-refractivity contribution >= 4 is 0 Å². The minimum atomic E-state index is 0.306. The molecule has 0 spiro atoms. The SMILES string of the molecule is C#C[N+](=[N-])C#C. The summed E-state index contributed by atoms with van der Waals surface area (Å²) in [4.78, 5) is 0. The second kappa shape index (κ2) is 1.99. The van der Waals surface area contributed by atoms with Gasteiger partial charge in [-0.15, -0.1) is 4.70 Å². The highest BCUT2D eigenvalue weighted by Gasteiger charge is 1.68. The molecule has 0 aromatic heterocycles. The minimum Gasteiger partial charge on any atom is -0.472 e. The first-order valence-electron chi connectivity index (χ1n) is 1.22. The molecule has 0 aromatic carbocycles. The Morgan fingerprint density at radius 3 is 1.67 bits per heavy atom. The van der Waals surface area contributed by atoms with Gasteiger partial charge in [-0.3, -0.25) is 0 Å². The first kappa shape index (κ1) is 4.72. The smallest absolute Gasteiger partial charge is 0.223 e. The zero-order valence-electron chi connectivity index (χ0n) is 3.05. The normalized spacial score (nSPS) is 5.00. The Hall–Kier alpha value is -1.28. The molecule has 0 atom stereocenters. The predicted octanol–water partition coefficient (Wildman–Crippen LogP) is 0.202. The van der Waals surface area contributed by atoms with Gasteiger partial charge in [0.05, 0.1) is 0 Å². The lowest BCUT2D eigenvalue weighted by Crippen LogP contribution is -1.81. The Labute approximate surface area is 36.3 Å². The van der Waals surface area contributed by atoms with E-state index in [9.17, 15) is 0 Å². The Balaban J connectivity index is 3.75. The van der Waals surface area contributed by atoms with Crippen molar-refractivity contribution in [2.24, 2.45) is 0 Å². The van der Waals surface area contributed by atoms with E-state index in [0.29, 0.717) is 4.70 Å². The molecular weight excluding hydrogens is 76.1 g/mol. The van der Waals surface area contributed by atoms with Gasteiger partial charge < -0.3 is 5.53 Å². The van der Waals surface area contributed by atoms with Crippen molar-refractivity contribution < 1.29 is 4.70 Å². The van der Waals surface area contributed by atoms with Gasteiger partial charge in [-0.1, -0.05) is 0 Å². The van der Waals surface area contributed by atoms with Crippen LogP contribution >= 0.6 is 0 Å². The van der Waals surface area contributed by atoms with Gasteiger partial charge >= 0.3 is 0 Å². The van der Waals surface area contributed by atoms with E-state index >= 15 is 0 Å². The molecule has 28 valence electrons. The molecule has 0 fully saturated rings. The van der Waals surface area contributed by atoms with Gasteiger partial charge in [0.2, 0.25) is 12.1 Å². The highest BCUT2D eigenvalue weighted by molar-refractivity contribution is 4.76. The predicted molar refractivity (Wildman–Crippen MR) is 21.3 cm³/mol. The van der Waals surface area contributed by atoms with E-state index in [2.05, 4.69) is 12.8 Å². The summed E-state index contributed by atoms with van der Waals surface area (Å²) in [6.07, 6.45) is 9.13. The van der Waals surface area contributed by atoms with E-state index < -0.39 is 0 Å². The van der Waals surface area contributed by atoms with E-state index in [0.717, 1.165) is 0 Å². The summed E-state index contributed by atoms with van der Waals surface area (Å²) in [5.41, 5.74) is 8.03. The van der Waals surface area contributed by atoms with Crippen molar-refractivity contribution in [1.82, 2.24) is 0 Å². The third-order valence-corrected chi connectivity index (χ3v) is 0.245. The number of hydrogen-bond acceptors (Lipinski definition) is 0. The second-order valence-electron chi connectivity index (χ2n) is 0.570. The van der Waals surface area contributed by atoms with E-state index in [4.69, 9.17) is 5.53 Å². The molecule has 0 amide bonds. The van der Waals surface area contributed by atoms with Crippen LogP contribution in [0.15, 0.2) is 0 Å². The summed E-state index contributed by atoms with van der Waals surface area (Å²) in [5.74, 6) is 0. The van der Waals surface area contributed by atoms with Crippen LogP contribution in [0.4, 0.5) is 0 Å². The van der Waals surface area contributed by atoms with Crippen LogP contribution in [0.1, 0.15) is 0 Å². The standard InChI is InChI=1S/C4H2N2/c1-3-6(5)4-2/h1-2H. The first-order chi connectivity index (χ1) is 2.81. The highest BCUT2D eigenvalue weighted by atomic mass is 15.1. The van der Waals surface area contributed by atoms with E-state index in [-0.39, 0.29) is 0 Å². The molecular formula is C4H2N2. The summed E-state index contributed by atoms with van der Waals surface area (Å²) in [6, 6.07) is 3.53. The van der Waals surface area contributed by atoms with Gasteiger partial charge in [-0.05, 0) is 12.8 Å². The van der Waals surface area contributed by atoms with Gasteiger partial charge in [0, 0.05) is 0 Å². The molecule has 0 radical (unpaired) electrons. The van der Waals surface area contributed by atoms with Gasteiger partial charge in [0.25, 0.3) is 0 Å². The molecule has 0 aliphatic heterocycles. The topological polar surface area (TPSA) is 25.3 Å². The zero-order chi connectivity index (χ0) is 4.99. The van der Waals surface area contributed by atoms with E-state index in [1.54, 1.807) is 12.1 Å². The van der Waals surface area contributed by atoms with Crippen LogP contribution in [0.25, 0.3) is 5.53 Å². The molecule has 6 heavy (non-hydrogen) atoms. The van der Waals surface area contributed by atoms with Crippen molar-refractivity contribution in [2.75, 3.05) is 0 Å². The van der Waals surface area contributed by atoms with E-state index in [1.807, 2.05) is 0 Å². The highest BCUT2D eigenvalue weighted by Crippen LogP contribution is 1.55. The molecule has 0 heterocycles. The number of hydrogen-bond donors (Lipinski definition) is 0. The van der Waals surface area contributed by atoms with E-state index in [1.165, 1.54) is 0 Å². The maximum Gasteiger partial charge on any atom is 0.223 e. The zero-order valence-corrected chi connectivity index (χ0v) is 3.05. The molecule has 0 saturated carbocycles. The largest absolute Gasteiger partial charge is 0.472 e. The number of nitrogens with zero attached hydrogens (tertiary/aromatic N) is 2. The van der Waals surface area contributed by atoms with Crippen molar-refractivity contribution in [1.29, 1.82) is 0 Å². The third kappa shape index (κ3) is 1.09. The van der Waals surface area contributed by atoms with Crippen LogP contribution in [0.3, 0.4) is 0 Å². The lowest BCUT2D eigenvalue weighted by Gasteiger charge is -1.71. The van der Waals surface area contributed by atoms with Gasteiger partial charge in [0.1, 0.15) is 0 Å². The maximum absolute atomic E-state index is 8.03. The van der Waals surface area contributed by atoms with Crippen molar-refractivity contribution in [3.63, 3.8) is 0 Å². The first-order valence-corrected chi connectivity index (χ1v) is 1.22. The van der Waals surface area contributed by atoms with Crippen LogP contribution in [0.5, 0.6) is 0 Å². The summed E-state index contributed by atoms with van der Waals surface area (Å²) in [6.45, 7) is 0. The Kier molecular flexibility index (Phi) is 1.56. The molecule has 0 aliphatic carbocycles. The third-order valence-electron chi connectivity index (χ3n) is 0.245. The quantitative estimate of drug-likeness (QED) is 0.171. The van der Waals surface area contributed by atoms with Crippen LogP contribution in [-0.4, -0.2) is 4.70 Å². The van der Waals surface area contributed by atoms with Crippen molar-refractivity contribution in [3.8, 4) is 24.9 Å². The van der Waals surface area contributed by atoms with Crippen LogP contribution in [0, 0.1) is 24.9 Å². The molecule has 2 heteroatoms.